The molecule has 0 aromatic heterocycles. The maximum absolute atomic E-state index is 11.6. The number of rotatable bonds is 17. The van der Waals surface area contributed by atoms with Crippen molar-refractivity contribution in [2.24, 2.45) is 39.9 Å². The zero-order valence-corrected chi connectivity index (χ0v) is 41.2. The summed E-state index contributed by atoms with van der Waals surface area (Å²) in [6, 6.07) is 0. The minimum atomic E-state index is -1.83. The Balaban J connectivity index is 1.16. The van der Waals surface area contributed by atoms with Crippen LogP contribution in [0.3, 0.4) is 0 Å². The molecule has 19 nitrogen and oxygen atoms in total. The van der Waals surface area contributed by atoms with Crippen LogP contribution in [0, 0.1) is 39.9 Å². The molecule has 19 heteroatoms. The Bertz CT molecular complexity index is 1640. The van der Waals surface area contributed by atoms with Gasteiger partial charge in [0.05, 0.1) is 43.7 Å². The molecule has 3 aliphatic heterocycles. The highest BCUT2D eigenvalue weighted by Crippen LogP contribution is 2.68. The smallest absolute Gasteiger partial charge is 0.187 e. The largest absolute Gasteiger partial charge is 0.394 e. The monoisotopic (exact) mass is 979 g/mol. The Morgan fingerprint density at radius 3 is 1.74 bits per heavy atom. The zero-order chi connectivity index (χ0) is 50.4. The van der Waals surface area contributed by atoms with Gasteiger partial charge in [-0.25, -0.2) is 0 Å². The van der Waals surface area contributed by atoms with Crippen LogP contribution in [-0.4, -0.2) is 202 Å². The molecule has 24 atom stereocenters. The SMILES string of the molecule is CCC1CCC(OC2OC(CO)C(O)C(O)C2O)C(C)(C)/C1=C/CC1CC(O)CC2(C)C(C(C)CCC(OC3OC(CO)C(O)C(O)C3OC3OC(CO)C(O)C(O)C3O)C(C)(C)O)CCC12C. The maximum Gasteiger partial charge on any atom is 0.187 e. The van der Waals surface area contributed by atoms with Crippen LogP contribution in [0.2, 0.25) is 0 Å². The van der Waals surface area contributed by atoms with Crippen LogP contribution in [-0.2, 0) is 28.4 Å². The molecule has 13 N–H and O–H groups in total. The average molecular weight is 979 g/mol. The zero-order valence-electron chi connectivity index (χ0n) is 41.2. The van der Waals surface area contributed by atoms with E-state index in [4.69, 9.17) is 28.4 Å². The van der Waals surface area contributed by atoms with Gasteiger partial charge in [-0.3, -0.25) is 0 Å². The van der Waals surface area contributed by atoms with E-state index in [2.05, 4.69) is 47.6 Å². The van der Waals surface area contributed by atoms with E-state index in [-0.39, 0.29) is 40.6 Å². The van der Waals surface area contributed by atoms with E-state index < -0.39 is 135 Å². The predicted molar refractivity (Wildman–Crippen MR) is 242 cm³/mol. The molecule has 3 saturated heterocycles. The van der Waals surface area contributed by atoms with Crippen LogP contribution in [0.5, 0.6) is 0 Å². The predicted octanol–water partition coefficient (Wildman–Crippen LogP) is -0.276. The summed E-state index contributed by atoms with van der Waals surface area (Å²) in [4.78, 5) is 0. The number of ether oxygens (including phenoxy) is 6. The molecule has 0 amide bonds. The number of aliphatic hydroxyl groups excluding tert-OH is 12. The third kappa shape index (κ3) is 10.9. The molecule has 0 aromatic carbocycles. The first kappa shape index (κ1) is 56.3. The highest BCUT2D eigenvalue weighted by molar-refractivity contribution is 5.23. The van der Waals surface area contributed by atoms with Crippen molar-refractivity contribution in [1.82, 2.24) is 0 Å². The van der Waals surface area contributed by atoms with E-state index in [0.29, 0.717) is 32.1 Å². The number of hydrogen-bond donors (Lipinski definition) is 13. The van der Waals surface area contributed by atoms with Crippen molar-refractivity contribution in [3.05, 3.63) is 11.6 Å². The summed E-state index contributed by atoms with van der Waals surface area (Å²) < 4.78 is 35.9. The molecule has 6 aliphatic rings. The molecule has 68 heavy (non-hydrogen) atoms. The molecule has 0 bridgehead atoms. The van der Waals surface area contributed by atoms with Crippen molar-refractivity contribution >= 4 is 0 Å². The van der Waals surface area contributed by atoms with Gasteiger partial charge in [0.15, 0.2) is 18.9 Å². The average Bonchev–Trinajstić information content (AvgIpc) is 3.56. The van der Waals surface area contributed by atoms with Gasteiger partial charge >= 0.3 is 0 Å². The van der Waals surface area contributed by atoms with E-state index >= 15 is 0 Å². The van der Waals surface area contributed by atoms with E-state index in [9.17, 15) is 66.4 Å². The second-order valence-corrected chi connectivity index (χ2v) is 22.7. The summed E-state index contributed by atoms with van der Waals surface area (Å²) >= 11 is 0. The third-order valence-electron chi connectivity index (χ3n) is 17.9. The van der Waals surface area contributed by atoms with Crippen molar-refractivity contribution < 1.29 is 94.8 Å². The fourth-order valence-corrected chi connectivity index (χ4v) is 13.3. The van der Waals surface area contributed by atoms with Gasteiger partial charge in [0, 0.05) is 5.41 Å². The van der Waals surface area contributed by atoms with Crippen molar-refractivity contribution in [2.75, 3.05) is 19.8 Å². The van der Waals surface area contributed by atoms with Gasteiger partial charge in [-0.15, -0.1) is 0 Å². The van der Waals surface area contributed by atoms with Gasteiger partial charge < -0.3 is 94.8 Å². The number of hydrogen-bond acceptors (Lipinski definition) is 19. The van der Waals surface area contributed by atoms with Crippen LogP contribution in [0.25, 0.3) is 0 Å². The standard InChI is InChI=1S/C49H86O19/c1-9-24-11-15-32(66-43-40(60)37(57)34(54)29(20-50)63-43)46(3,4)28(24)13-12-25-18-26(53)19-49(8)27(16-17-48(25,49)7)23(2)10-14-33(47(5,6)62)67-45-42(39(59)36(56)31(22-52)65-45)68-44-41(61)38(58)35(55)30(21-51)64-44/h13,23-27,29-45,50-62H,9-12,14-22H2,1-8H3/b28-13+. The molecular weight excluding hydrogens is 893 g/mol. The molecule has 396 valence electrons. The molecule has 6 rings (SSSR count). The lowest BCUT2D eigenvalue weighted by atomic mass is 9.50. The first-order chi connectivity index (χ1) is 31.8. The summed E-state index contributed by atoms with van der Waals surface area (Å²) in [7, 11) is 0. The van der Waals surface area contributed by atoms with Crippen molar-refractivity contribution in [2.45, 2.75) is 236 Å². The topological polar surface area (TPSA) is 318 Å². The molecular formula is C49H86O19. The van der Waals surface area contributed by atoms with Crippen LogP contribution in [0.15, 0.2) is 11.6 Å². The Labute approximate surface area is 401 Å². The molecule has 0 aromatic rings. The Morgan fingerprint density at radius 2 is 1.21 bits per heavy atom. The summed E-state index contributed by atoms with van der Waals surface area (Å²) in [5.74, 6) is 0.715. The summed E-state index contributed by atoms with van der Waals surface area (Å²) in [6.45, 7) is 14.4. The van der Waals surface area contributed by atoms with Gasteiger partial charge in [0.25, 0.3) is 0 Å². The maximum atomic E-state index is 11.6. The van der Waals surface area contributed by atoms with E-state index in [1.165, 1.54) is 5.57 Å². The Hall–Kier alpha value is -1.02. The second kappa shape index (κ2) is 22.2. The van der Waals surface area contributed by atoms with E-state index in [1.54, 1.807) is 13.8 Å². The summed E-state index contributed by atoms with van der Waals surface area (Å²) in [5, 5.41) is 138. The molecule has 3 heterocycles. The van der Waals surface area contributed by atoms with Gasteiger partial charge in [0.1, 0.15) is 73.2 Å². The van der Waals surface area contributed by atoms with Gasteiger partial charge in [-0.1, -0.05) is 53.2 Å². The minimum Gasteiger partial charge on any atom is -0.394 e. The highest BCUT2D eigenvalue weighted by atomic mass is 16.8. The number of aliphatic hydroxyl groups is 13. The Morgan fingerprint density at radius 1 is 0.676 bits per heavy atom. The van der Waals surface area contributed by atoms with Crippen LogP contribution < -0.4 is 0 Å². The Kier molecular flexibility index (Phi) is 18.4. The molecule has 3 saturated carbocycles. The van der Waals surface area contributed by atoms with Crippen molar-refractivity contribution in [3.63, 3.8) is 0 Å². The normalized spacial score (nSPS) is 48.3. The number of fused-ring (bicyclic) bond motifs is 1. The quantitative estimate of drug-likeness (QED) is 0.0834. The lowest BCUT2D eigenvalue weighted by molar-refractivity contribution is -0.375. The minimum absolute atomic E-state index is 0.0905. The third-order valence-corrected chi connectivity index (χ3v) is 17.9. The molecule has 0 spiro atoms. The van der Waals surface area contributed by atoms with Crippen molar-refractivity contribution in [3.8, 4) is 0 Å². The van der Waals surface area contributed by atoms with Crippen LogP contribution in [0.1, 0.15) is 120 Å². The van der Waals surface area contributed by atoms with Crippen LogP contribution in [0.4, 0.5) is 0 Å². The van der Waals surface area contributed by atoms with Gasteiger partial charge in [-0.2, -0.15) is 0 Å². The molecule has 3 aliphatic carbocycles. The van der Waals surface area contributed by atoms with Crippen LogP contribution >= 0.6 is 0 Å². The van der Waals surface area contributed by atoms with E-state index in [0.717, 1.165) is 32.1 Å². The highest BCUT2D eigenvalue weighted by Gasteiger charge is 2.62. The van der Waals surface area contributed by atoms with E-state index in [1.807, 2.05) is 0 Å². The number of allylic oxidation sites excluding steroid dienone is 1. The van der Waals surface area contributed by atoms with Crippen molar-refractivity contribution in [1.29, 1.82) is 0 Å². The molecule has 0 radical (unpaired) electrons. The second-order valence-electron chi connectivity index (χ2n) is 22.7. The fourth-order valence-electron chi connectivity index (χ4n) is 13.3. The lowest BCUT2D eigenvalue weighted by Gasteiger charge is -2.55. The van der Waals surface area contributed by atoms with Gasteiger partial charge in [-0.05, 0) is 113 Å². The first-order valence-electron chi connectivity index (χ1n) is 25.1. The molecule has 24 unspecified atom stereocenters. The summed E-state index contributed by atoms with van der Waals surface area (Å²) in [6.07, 6.45) is -15.3. The fraction of sp³-hybridized carbons (Fsp3) is 0.959. The first-order valence-corrected chi connectivity index (χ1v) is 25.1. The lowest BCUT2D eigenvalue weighted by Crippen LogP contribution is -2.65. The summed E-state index contributed by atoms with van der Waals surface area (Å²) in [5.41, 5.74) is -1.14. The van der Waals surface area contributed by atoms with Gasteiger partial charge in [0.2, 0.25) is 0 Å². The molecule has 6 fully saturated rings.